The molecule has 1 saturated carbocycles. The van der Waals surface area contributed by atoms with Crippen molar-refractivity contribution in [2.45, 2.75) is 37.5 Å². The molecule has 0 heterocycles. The largest absolute Gasteiger partial charge is 0.481 e. The highest BCUT2D eigenvalue weighted by Gasteiger charge is 2.35. The molecule has 136 valence electrons. The van der Waals surface area contributed by atoms with Gasteiger partial charge in [-0.2, -0.15) is 0 Å². The molecule has 1 aliphatic carbocycles. The Hall–Kier alpha value is -2.42. The predicted octanol–water partition coefficient (Wildman–Crippen LogP) is 1.34. The van der Waals surface area contributed by atoms with E-state index in [4.69, 9.17) is 0 Å². The van der Waals surface area contributed by atoms with Gasteiger partial charge in [-0.05, 0) is 37.1 Å². The molecular formula is C16H20N2O6S. The third-order valence-corrected chi connectivity index (χ3v) is 5.58. The van der Waals surface area contributed by atoms with Crippen LogP contribution in [0.25, 0.3) is 0 Å². The molecule has 1 aliphatic rings. The van der Waals surface area contributed by atoms with Crippen molar-refractivity contribution in [1.82, 2.24) is 4.72 Å². The number of benzene rings is 1. The maximum atomic E-state index is 12.4. The number of anilines is 1. The molecule has 0 bridgehead atoms. The number of sulfonamides is 1. The van der Waals surface area contributed by atoms with Crippen molar-refractivity contribution in [2.75, 3.05) is 5.32 Å². The average Bonchev–Trinajstić information content (AvgIpc) is 2.54. The van der Waals surface area contributed by atoms with E-state index in [0.29, 0.717) is 18.5 Å². The van der Waals surface area contributed by atoms with E-state index in [1.165, 1.54) is 24.3 Å². The van der Waals surface area contributed by atoms with Crippen molar-refractivity contribution in [2.24, 2.45) is 11.8 Å². The summed E-state index contributed by atoms with van der Waals surface area (Å²) < 4.78 is 25.6. The van der Waals surface area contributed by atoms with Gasteiger partial charge < -0.3 is 10.4 Å². The van der Waals surface area contributed by atoms with Gasteiger partial charge in [0.1, 0.15) is 0 Å². The van der Waals surface area contributed by atoms with Crippen LogP contribution in [0.3, 0.4) is 0 Å². The predicted molar refractivity (Wildman–Crippen MR) is 89.2 cm³/mol. The summed E-state index contributed by atoms with van der Waals surface area (Å²) in [4.78, 5) is 34.4. The summed E-state index contributed by atoms with van der Waals surface area (Å²) in [6, 6.07) is 5.31. The van der Waals surface area contributed by atoms with Gasteiger partial charge in [-0.25, -0.2) is 13.1 Å². The van der Waals surface area contributed by atoms with Crippen LogP contribution in [0, 0.1) is 11.8 Å². The lowest BCUT2D eigenvalue weighted by atomic mass is 9.78. The molecule has 8 nitrogen and oxygen atoms in total. The minimum absolute atomic E-state index is 0.109. The minimum atomic E-state index is -3.94. The van der Waals surface area contributed by atoms with Gasteiger partial charge in [0.15, 0.2) is 0 Å². The lowest BCUT2D eigenvalue weighted by molar-refractivity contribution is -0.147. The van der Waals surface area contributed by atoms with Gasteiger partial charge in [0, 0.05) is 12.6 Å². The van der Waals surface area contributed by atoms with Crippen LogP contribution in [0.15, 0.2) is 29.2 Å². The van der Waals surface area contributed by atoms with Crippen molar-refractivity contribution in [1.29, 1.82) is 0 Å². The van der Waals surface area contributed by atoms with Gasteiger partial charge in [0.05, 0.1) is 16.7 Å². The summed E-state index contributed by atoms with van der Waals surface area (Å²) >= 11 is 0. The topological polar surface area (TPSA) is 130 Å². The summed E-state index contributed by atoms with van der Waals surface area (Å²) in [6.45, 7) is 1.09. The average molecular weight is 368 g/mol. The molecule has 0 aliphatic heterocycles. The first-order chi connectivity index (χ1) is 11.7. The number of aliphatic carboxylic acids is 1. The third-order valence-electron chi connectivity index (χ3n) is 4.13. The fraction of sp³-hybridized carbons (Fsp3) is 0.438. The van der Waals surface area contributed by atoms with Gasteiger partial charge in [-0.3, -0.25) is 14.4 Å². The summed E-state index contributed by atoms with van der Waals surface area (Å²) in [5.41, 5.74) is 0.362. The van der Waals surface area contributed by atoms with Crippen LogP contribution < -0.4 is 10.0 Å². The number of hydrogen-bond acceptors (Lipinski definition) is 5. The highest BCUT2D eigenvalue weighted by Crippen LogP contribution is 2.31. The number of nitrogens with one attached hydrogen (secondary N) is 2. The highest BCUT2D eigenvalue weighted by atomic mass is 32.2. The molecule has 2 amide bonds. The number of carboxylic acids is 1. The van der Waals surface area contributed by atoms with Crippen LogP contribution in [-0.2, 0) is 24.4 Å². The fourth-order valence-electron chi connectivity index (χ4n) is 2.94. The maximum absolute atomic E-state index is 12.4. The molecule has 1 aromatic rings. The zero-order chi connectivity index (χ0) is 18.6. The van der Waals surface area contributed by atoms with E-state index < -0.39 is 33.7 Å². The van der Waals surface area contributed by atoms with E-state index in [9.17, 15) is 27.9 Å². The van der Waals surface area contributed by atoms with Crippen LogP contribution in [0.1, 0.15) is 32.6 Å². The number of rotatable bonds is 5. The van der Waals surface area contributed by atoms with Crippen LogP contribution >= 0.6 is 0 Å². The zero-order valence-corrected chi connectivity index (χ0v) is 14.5. The smallest absolute Gasteiger partial charge is 0.307 e. The Morgan fingerprint density at radius 3 is 2.12 bits per heavy atom. The van der Waals surface area contributed by atoms with Crippen molar-refractivity contribution >= 4 is 33.5 Å². The Kier molecular flexibility index (Phi) is 5.78. The summed E-state index contributed by atoms with van der Waals surface area (Å²) in [6.07, 6.45) is 2.57. The fourth-order valence-corrected chi connectivity index (χ4v) is 3.93. The molecule has 0 saturated heterocycles. The van der Waals surface area contributed by atoms with Gasteiger partial charge in [0.2, 0.25) is 11.8 Å². The molecule has 1 fully saturated rings. The zero-order valence-electron chi connectivity index (χ0n) is 13.7. The summed E-state index contributed by atoms with van der Waals surface area (Å²) in [7, 11) is -3.94. The Bertz CT molecular complexity index is 772. The van der Waals surface area contributed by atoms with E-state index in [1.807, 2.05) is 4.72 Å². The molecule has 0 unspecified atom stereocenters. The number of carbonyl (C=O) groups is 3. The minimum Gasteiger partial charge on any atom is -0.481 e. The number of carbonyl (C=O) groups excluding carboxylic acids is 2. The van der Waals surface area contributed by atoms with E-state index in [0.717, 1.165) is 19.8 Å². The third kappa shape index (κ3) is 4.79. The molecule has 3 N–H and O–H groups in total. The van der Waals surface area contributed by atoms with Crippen LogP contribution in [-0.4, -0.2) is 31.3 Å². The van der Waals surface area contributed by atoms with Gasteiger partial charge in [-0.15, -0.1) is 0 Å². The lowest BCUT2D eigenvalue weighted by Gasteiger charge is -2.27. The molecule has 0 spiro atoms. The van der Waals surface area contributed by atoms with Crippen molar-refractivity contribution in [3.05, 3.63) is 24.3 Å². The Balaban J connectivity index is 2.09. The monoisotopic (exact) mass is 368 g/mol. The molecule has 2 rings (SSSR count). The van der Waals surface area contributed by atoms with Crippen LogP contribution in [0.5, 0.6) is 0 Å². The highest BCUT2D eigenvalue weighted by molar-refractivity contribution is 7.90. The number of amides is 2. The normalized spacial score (nSPS) is 20.5. The van der Waals surface area contributed by atoms with Crippen molar-refractivity contribution in [3.63, 3.8) is 0 Å². The second kappa shape index (κ2) is 7.64. The first kappa shape index (κ1) is 18.9. The van der Waals surface area contributed by atoms with Gasteiger partial charge in [0.25, 0.3) is 10.0 Å². The van der Waals surface area contributed by atoms with E-state index in [1.54, 1.807) is 0 Å². The Morgan fingerprint density at radius 1 is 1.04 bits per heavy atom. The van der Waals surface area contributed by atoms with Crippen molar-refractivity contribution < 1.29 is 27.9 Å². The first-order valence-electron chi connectivity index (χ1n) is 7.88. The second-order valence-electron chi connectivity index (χ2n) is 6.01. The van der Waals surface area contributed by atoms with Gasteiger partial charge in [-0.1, -0.05) is 12.8 Å². The summed E-state index contributed by atoms with van der Waals surface area (Å²) in [5, 5.41) is 11.9. The quantitative estimate of drug-likeness (QED) is 0.719. The van der Waals surface area contributed by atoms with E-state index in [2.05, 4.69) is 5.32 Å². The van der Waals surface area contributed by atoms with Gasteiger partial charge >= 0.3 is 5.97 Å². The second-order valence-corrected chi connectivity index (χ2v) is 7.69. The molecule has 9 heteroatoms. The Labute approximate surface area is 145 Å². The number of carboxylic acid groups (broad SMARTS) is 1. The molecule has 0 radical (unpaired) electrons. The molecule has 0 aromatic heterocycles. The van der Waals surface area contributed by atoms with Crippen LogP contribution in [0.4, 0.5) is 5.69 Å². The molecule has 2 atom stereocenters. The van der Waals surface area contributed by atoms with Crippen molar-refractivity contribution in [3.8, 4) is 0 Å². The standard InChI is InChI=1S/C16H20N2O6S/c1-10(19)18-25(23,24)12-8-6-11(7-9-12)17-15(20)13-4-2-3-5-14(13)16(21)22/h6-9,13-14H,2-5H2,1H3,(H,17,20)(H,18,19)(H,21,22)/t13-,14+/m1/s1. The summed E-state index contributed by atoms with van der Waals surface area (Å²) in [5.74, 6) is -3.36. The van der Waals surface area contributed by atoms with E-state index in [-0.39, 0.29) is 10.8 Å². The SMILES string of the molecule is CC(=O)NS(=O)(=O)c1ccc(NC(=O)[C@@H]2CCCC[C@@H]2C(=O)O)cc1. The molecular weight excluding hydrogens is 348 g/mol. The lowest BCUT2D eigenvalue weighted by Crippen LogP contribution is -2.36. The molecule has 1 aromatic carbocycles. The Morgan fingerprint density at radius 2 is 1.60 bits per heavy atom. The maximum Gasteiger partial charge on any atom is 0.307 e. The molecule has 25 heavy (non-hydrogen) atoms. The number of hydrogen-bond donors (Lipinski definition) is 3. The van der Waals surface area contributed by atoms with Crippen LogP contribution in [0.2, 0.25) is 0 Å². The van der Waals surface area contributed by atoms with E-state index >= 15 is 0 Å². The first-order valence-corrected chi connectivity index (χ1v) is 9.36.